The molecule has 1 aromatic rings. The summed E-state index contributed by atoms with van der Waals surface area (Å²) < 4.78 is 23.7. The van der Waals surface area contributed by atoms with Crippen molar-refractivity contribution in [2.75, 3.05) is 29.5 Å². The minimum absolute atomic E-state index is 0.276. The van der Waals surface area contributed by atoms with Crippen molar-refractivity contribution in [1.82, 2.24) is 0 Å². The summed E-state index contributed by atoms with van der Waals surface area (Å²) in [6.07, 6.45) is 0. The third-order valence-electron chi connectivity index (χ3n) is 2.54. The third-order valence-corrected chi connectivity index (χ3v) is 5.06. The van der Waals surface area contributed by atoms with Gasteiger partial charge < -0.3 is 4.90 Å². The van der Waals surface area contributed by atoms with Gasteiger partial charge in [-0.2, -0.15) is 0 Å². The van der Waals surface area contributed by atoms with E-state index in [1.807, 2.05) is 24.3 Å². The van der Waals surface area contributed by atoms with Crippen LogP contribution in [0.15, 0.2) is 24.3 Å². The fourth-order valence-corrected chi connectivity index (χ4v) is 3.59. The number of nitrogens with zero attached hydrogens (tertiary/aromatic N) is 1. The summed E-state index contributed by atoms with van der Waals surface area (Å²) in [7, 11) is -2.78. The Labute approximate surface area is 104 Å². The van der Waals surface area contributed by atoms with Gasteiger partial charge in [-0.1, -0.05) is 12.1 Å². The molecule has 0 N–H and O–H groups in total. The molecule has 0 amide bonds. The topological polar surface area (TPSA) is 37.4 Å². The molecule has 5 heteroatoms. The van der Waals surface area contributed by atoms with Crippen LogP contribution in [0.4, 0.5) is 5.69 Å². The maximum Gasteiger partial charge on any atom is 0.153 e. The fourth-order valence-electron chi connectivity index (χ4n) is 1.66. The minimum atomic E-state index is -2.78. The molecule has 1 fully saturated rings. The molecular formula is C10H12INO2S. The number of para-hydroxylation sites is 1. The molecular weight excluding hydrogens is 325 g/mol. The van der Waals surface area contributed by atoms with E-state index in [4.69, 9.17) is 0 Å². The summed E-state index contributed by atoms with van der Waals surface area (Å²) in [5.74, 6) is 0.552. The molecule has 3 nitrogen and oxygen atoms in total. The van der Waals surface area contributed by atoms with Gasteiger partial charge in [-0.15, -0.1) is 0 Å². The molecule has 2 rings (SSSR count). The first-order valence-corrected chi connectivity index (χ1v) is 7.68. The SMILES string of the molecule is O=S1(=O)CCN(c2ccccc2I)CC1. The average molecular weight is 337 g/mol. The molecule has 0 spiro atoms. The number of hydrogen-bond donors (Lipinski definition) is 0. The second-order valence-electron chi connectivity index (χ2n) is 3.59. The molecule has 0 atom stereocenters. The van der Waals surface area contributed by atoms with Gasteiger partial charge in [-0.3, -0.25) is 0 Å². The Bertz CT molecular complexity index is 444. The van der Waals surface area contributed by atoms with E-state index in [9.17, 15) is 8.42 Å². The second-order valence-corrected chi connectivity index (χ2v) is 7.06. The summed E-state index contributed by atoms with van der Waals surface area (Å²) >= 11 is 2.28. The van der Waals surface area contributed by atoms with Gasteiger partial charge in [0, 0.05) is 16.7 Å². The second kappa shape index (κ2) is 4.29. The van der Waals surface area contributed by atoms with E-state index in [1.165, 1.54) is 3.57 Å². The molecule has 1 heterocycles. The molecule has 0 unspecified atom stereocenters. The van der Waals surface area contributed by atoms with Gasteiger partial charge in [-0.05, 0) is 34.7 Å². The van der Waals surface area contributed by atoms with Crippen LogP contribution in [0.25, 0.3) is 0 Å². The highest BCUT2D eigenvalue weighted by atomic mass is 127. The number of benzene rings is 1. The van der Waals surface area contributed by atoms with Gasteiger partial charge in [0.05, 0.1) is 17.2 Å². The van der Waals surface area contributed by atoms with E-state index in [-0.39, 0.29) is 11.5 Å². The Hall–Kier alpha value is -0.300. The summed E-state index contributed by atoms with van der Waals surface area (Å²) in [4.78, 5) is 2.14. The number of rotatable bonds is 1. The van der Waals surface area contributed by atoms with Gasteiger partial charge in [0.1, 0.15) is 0 Å². The van der Waals surface area contributed by atoms with Crippen LogP contribution in [0.2, 0.25) is 0 Å². The van der Waals surface area contributed by atoms with Crippen LogP contribution in [0.1, 0.15) is 0 Å². The maximum atomic E-state index is 11.3. The summed E-state index contributed by atoms with van der Waals surface area (Å²) in [5.41, 5.74) is 1.15. The Balaban J connectivity index is 2.18. The lowest BCUT2D eigenvalue weighted by molar-refractivity contribution is 0.586. The summed E-state index contributed by atoms with van der Waals surface area (Å²) in [6.45, 7) is 1.23. The van der Waals surface area contributed by atoms with E-state index >= 15 is 0 Å². The first kappa shape index (κ1) is 11.2. The molecule has 0 bridgehead atoms. The zero-order chi connectivity index (χ0) is 10.9. The largest absolute Gasteiger partial charge is 0.369 e. The van der Waals surface area contributed by atoms with Crippen molar-refractivity contribution in [2.24, 2.45) is 0 Å². The molecule has 0 radical (unpaired) electrons. The van der Waals surface area contributed by atoms with Crippen molar-refractivity contribution < 1.29 is 8.42 Å². The molecule has 1 saturated heterocycles. The van der Waals surface area contributed by atoms with Crippen LogP contribution in [0, 0.1) is 3.57 Å². The van der Waals surface area contributed by atoms with E-state index in [2.05, 4.69) is 27.5 Å². The monoisotopic (exact) mass is 337 g/mol. The first-order valence-electron chi connectivity index (χ1n) is 4.78. The molecule has 1 aliphatic heterocycles. The minimum Gasteiger partial charge on any atom is -0.369 e. The van der Waals surface area contributed by atoms with E-state index in [1.54, 1.807) is 0 Å². The normalized spacial score (nSPS) is 20.2. The highest BCUT2D eigenvalue weighted by molar-refractivity contribution is 14.1. The van der Waals surface area contributed by atoms with Crippen LogP contribution < -0.4 is 4.90 Å². The van der Waals surface area contributed by atoms with Crippen LogP contribution in [-0.2, 0) is 9.84 Å². The van der Waals surface area contributed by atoms with Gasteiger partial charge in [0.15, 0.2) is 9.84 Å². The zero-order valence-electron chi connectivity index (χ0n) is 8.19. The summed E-state index contributed by atoms with van der Waals surface area (Å²) in [6, 6.07) is 8.06. The molecule has 1 aliphatic rings. The van der Waals surface area contributed by atoms with Crippen LogP contribution in [0.5, 0.6) is 0 Å². The molecule has 0 aliphatic carbocycles. The molecule has 1 aromatic carbocycles. The van der Waals surface area contributed by atoms with Gasteiger partial charge >= 0.3 is 0 Å². The van der Waals surface area contributed by atoms with E-state index < -0.39 is 9.84 Å². The van der Waals surface area contributed by atoms with Crippen molar-refractivity contribution in [3.63, 3.8) is 0 Å². The van der Waals surface area contributed by atoms with Gasteiger partial charge in [0.25, 0.3) is 0 Å². The van der Waals surface area contributed by atoms with Crippen LogP contribution in [0.3, 0.4) is 0 Å². The Morgan fingerprint density at radius 2 is 1.73 bits per heavy atom. The van der Waals surface area contributed by atoms with Gasteiger partial charge in [0.2, 0.25) is 0 Å². The summed E-state index contributed by atoms with van der Waals surface area (Å²) in [5, 5.41) is 0. The van der Waals surface area contributed by atoms with Crippen molar-refractivity contribution >= 4 is 38.1 Å². The Kier molecular flexibility index (Phi) is 3.20. The lowest BCUT2D eigenvalue weighted by atomic mass is 10.3. The fraction of sp³-hybridized carbons (Fsp3) is 0.400. The number of sulfone groups is 1. The number of hydrogen-bond acceptors (Lipinski definition) is 3. The number of anilines is 1. The Morgan fingerprint density at radius 1 is 1.13 bits per heavy atom. The molecule has 0 saturated carbocycles. The zero-order valence-corrected chi connectivity index (χ0v) is 11.2. The van der Waals surface area contributed by atoms with Crippen molar-refractivity contribution in [2.45, 2.75) is 0 Å². The van der Waals surface area contributed by atoms with E-state index in [0.29, 0.717) is 13.1 Å². The lowest BCUT2D eigenvalue weighted by Crippen LogP contribution is -2.40. The van der Waals surface area contributed by atoms with Crippen molar-refractivity contribution in [1.29, 1.82) is 0 Å². The van der Waals surface area contributed by atoms with Crippen LogP contribution >= 0.6 is 22.6 Å². The van der Waals surface area contributed by atoms with Crippen molar-refractivity contribution in [3.8, 4) is 0 Å². The molecule has 82 valence electrons. The lowest BCUT2D eigenvalue weighted by Gasteiger charge is -2.29. The molecule has 15 heavy (non-hydrogen) atoms. The van der Waals surface area contributed by atoms with Crippen LogP contribution in [-0.4, -0.2) is 33.0 Å². The van der Waals surface area contributed by atoms with Crippen molar-refractivity contribution in [3.05, 3.63) is 27.8 Å². The van der Waals surface area contributed by atoms with Gasteiger partial charge in [-0.25, -0.2) is 8.42 Å². The average Bonchev–Trinajstić information content (AvgIpc) is 2.19. The Morgan fingerprint density at radius 3 is 2.33 bits per heavy atom. The number of halogens is 1. The quantitative estimate of drug-likeness (QED) is 0.730. The highest BCUT2D eigenvalue weighted by Crippen LogP contribution is 2.23. The standard InChI is InChI=1S/C10H12INO2S/c11-9-3-1-2-4-10(9)12-5-7-15(13,14)8-6-12/h1-4H,5-8H2. The smallest absolute Gasteiger partial charge is 0.153 e. The predicted molar refractivity (Wildman–Crippen MR) is 70.0 cm³/mol. The first-order chi connectivity index (χ1) is 7.08. The third kappa shape index (κ3) is 2.63. The van der Waals surface area contributed by atoms with E-state index in [0.717, 1.165) is 5.69 Å². The highest BCUT2D eigenvalue weighted by Gasteiger charge is 2.22. The maximum absolute atomic E-state index is 11.3. The molecule has 0 aromatic heterocycles. The predicted octanol–water partition coefficient (Wildman–Crippen LogP) is 1.53.